The summed E-state index contributed by atoms with van der Waals surface area (Å²) in [5, 5.41) is 3.09. The van der Waals surface area contributed by atoms with Gasteiger partial charge in [0.05, 0.1) is 4.90 Å². The molecule has 1 aromatic rings. The molecule has 1 heterocycles. The zero-order valence-electron chi connectivity index (χ0n) is 13.4. The molecule has 1 aromatic heterocycles. The van der Waals surface area contributed by atoms with Crippen LogP contribution in [-0.2, 0) is 16.6 Å². The molecular weight excluding hydrogens is 286 g/mol. The summed E-state index contributed by atoms with van der Waals surface area (Å²) >= 11 is 0. The van der Waals surface area contributed by atoms with Gasteiger partial charge < -0.3 is 9.88 Å². The molecule has 1 unspecified atom stereocenters. The van der Waals surface area contributed by atoms with Crippen LogP contribution in [0.1, 0.15) is 51.8 Å². The van der Waals surface area contributed by atoms with Crippen LogP contribution in [0.2, 0.25) is 0 Å². The normalized spacial score (nSPS) is 18.0. The minimum absolute atomic E-state index is 0.0129. The van der Waals surface area contributed by atoms with Gasteiger partial charge in [-0.15, -0.1) is 0 Å². The summed E-state index contributed by atoms with van der Waals surface area (Å²) < 4.78 is 29.9. The van der Waals surface area contributed by atoms with Crippen LogP contribution in [0.25, 0.3) is 0 Å². The van der Waals surface area contributed by atoms with Crippen LogP contribution in [0.5, 0.6) is 0 Å². The third-order valence-corrected chi connectivity index (χ3v) is 5.86. The molecule has 1 saturated carbocycles. The van der Waals surface area contributed by atoms with E-state index in [1.54, 1.807) is 12.3 Å². The molecule has 0 aliphatic heterocycles. The van der Waals surface area contributed by atoms with Crippen molar-refractivity contribution in [2.24, 2.45) is 5.92 Å². The van der Waals surface area contributed by atoms with Gasteiger partial charge in [0.15, 0.2) is 0 Å². The quantitative estimate of drug-likeness (QED) is 0.811. The van der Waals surface area contributed by atoms with E-state index in [0.29, 0.717) is 17.4 Å². The van der Waals surface area contributed by atoms with Crippen molar-refractivity contribution in [1.82, 2.24) is 14.6 Å². The molecule has 0 saturated heterocycles. The van der Waals surface area contributed by atoms with Crippen LogP contribution in [0.15, 0.2) is 17.2 Å². The predicted molar refractivity (Wildman–Crippen MR) is 84.7 cm³/mol. The van der Waals surface area contributed by atoms with Crippen molar-refractivity contribution >= 4 is 10.0 Å². The summed E-state index contributed by atoms with van der Waals surface area (Å²) in [7, 11) is -1.57. The van der Waals surface area contributed by atoms with Gasteiger partial charge >= 0.3 is 0 Å². The summed E-state index contributed by atoms with van der Waals surface area (Å²) in [6.45, 7) is 6.74. The fourth-order valence-corrected chi connectivity index (χ4v) is 4.16. The molecule has 21 heavy (non-hydrogen) atoms. The van der Waals surface area contributed by atoms with Crippen molar-refractivity contribution in [1.29, 1.82) is 0 Å². The molecule has 0 aromatic carbocycles. The SMILES string of the molecule is CNCc1cc(S(=O)(=O)NC(C)C2CCC2)cn1C(C)C. The number of nitrogens with zero attached hydrogens (tertiary/aromatic N) is 1. The average molecular weight is 313 g/mol. The van der Waals surface area contributed by atoms with Crippen molar-refractivity contribution in [3.8, 4) is 0 Å². The molecule has 1 fully saturated rings. The lowest BCUT2D eigenvalue weighted by atomic mass is 9.81. The molecule has 1 atom stereocenters. The number of sulfonamides is 1. The molecule has 0 amide bonds. The molecule has 0 bridgehead atoms. The molecule has 1 aliphatic carbocycles. The maximum absolute atomic E-state index is 12.5. The summed E-state index contributed by atoms with van der Waals surface area (Å²) in [5.74, 6) is 0.490. The first-order valence-electron chi connectivity index (χ1n) is 7.73. The molecule has 1 aliphatic rings. The van der Waals surface area contributed by atoms with Gasteiger partial charge in [0.2, 0.25) is 10.0 Å². The number of aromatic nitrogens is 1. The van der Waals surface area contributed by atoms with E-state index < -0.39 is 10.0 Å². The van der Waals surface area contributed by atoms with E-state index in [0.717, 1.165) is 18.5 Å². The van der Waals surface area contributed by atoms with Crippen molar-refractivity contribution in [3.63, 3.8) is 0 Å². The predicted octanol–water partition coefficient (Wildman–Crippen LogP) is 2.26. The first-order valence-corrected chi connectivity index (χ1v) is 9.21. The first-order chi connectivity index (χ1) is 9.85. The highest BCUT2D eigenvalue weighted by Gasteiger charge is 2.28. The molecule has 0 spiro atoms. The first kappa shape index (κ1) is 16.5. The van der Waals surface area contributed by atoms with Crippen LogP contribution in [0.3, 0.4) is 0 Å². The van der Waals surface area contributed by atoms with Crippen LogP contribution in [-0.4, -0.2) is 26.1 Å². The van der Waals surface area contributed by atoms with Crippen LogP contribution in [0.4, 0.5) is 0 Å². The summed E-state index contributed by atoms with van der Waals surface area (Å²) in [6, 6.07) is 2.02. The van der Waals surface area contributed by atoms with E-state index in [2.05, 4.69) is 23.9 Å². The highest BCUT2D eigenvalue weighted by atomic mass is 32.2. The van der Waals surface area contributed by atoms with E-state index in [1.807, 2.05) is 18.5 Å². The zero-order chi connectivity index (χ0) is 15.6. The zero-order valence-corrected chi connectivity index (χ0v) is 14.2. The van der Waals surface area contributed by atoms with E-state index in [4.69, 9.17) is 0 Å². The Labute approximate surface area is 128 Å². The summed E-state index contributed by atoms with van der Waals surface area (Å²) in [5.41, 5.74) is 0.990. The summed E-state index contributed by atoms with van der Waals surface area (Å²) in [6.07, 6.45) is 5.21. The third-order valence-electron chi connectivity index (χ3n) is 4.33. The Kier molecular flexibility index (Phi) is 5.11. The Morgan fingerprint density at radius 2 is 2.00 bits per heavy atom. The van der Waals surface area contributed by atoms with E-state index in [-0.39, 0.29) is 12.1 Å². The second-order valence-electron chi connectivity index (χ2n) is 6.30. The Bertz CT molecular complexity index is 574. The molecule has 6 heteroatoms. The van der Waals surface area contributed by atoms with E-state index in [9.17, 15) is 8.42 Å². The maximum Gasteiger partial charge on any atom is 0.242 e. The minimum Gasteiger partial charge on any atom is -0.346 e. The summed E-state index contributed by atoms with van der Waals surface area (Å²) in [4.78, 5) is 0.368. The lowest BCUT2D eigenvalue weighted by molar-refractivity contribution is 0.260. The topological polar surface area (TPSA) is 63.1 Å². The average Bonchev–Trinajstić information content (AvgIpc) is 2.71. The number of nitrogens with one attached hydrogen (secondary N) is 2. The van der Waals surface area contributed by atoms with Gasteiger partial charge in [-0.05, 0) is 52.6 Å². The Morgan fingerprint density at radius 1 is 1.33 bits per heavy atom. The second kappa shape index (κ2) is 6.50. The van der Waals surface area contributed by atoms with Crippen molar-refractivity contribution in [2.75, 3.05) is 7.05 Å². The molecular formula is C15H27N3O2S. The number of hydrogen-bond donors (Lipinski definition) is 2. The van der Waals surface area contributed by atoms with Crippen LogP contribution < -0.4 is 10.0 Å². The lowest BCUT2D eigenvalue weighted by Gasteiger charge is -2.31. The van der Waals surface area contributed by atoms with Gasteiger partial charge in [0.25, 0.3) is 0 Å². The largest absolute Gasteiger partial charge is 0.346 e. The van der Waals surface area contributed by atoms with Gasteiger partial charge in [-0.1, -0.05) is 6.42 Å². The fourth-order valence-electron chi connectivity index (χ4n) is 2.80. The minimum atomic E-state index is -3.43. The fraction of sp³-hybridized carbons (Fsp3) is 0.733. The highest BCUT2D eigenvalue weighted by molar-refractivity contribution is 7.89. The molecule has 0 radical (unpaired) electrons. The maximum atomic E-state index is 12.5. The smallest absolute Gasteiger partial charge is 0.242 e. The molecule has 5 nitrogen and oxygen atoms in total. The Morgan fingerprint density at radius 3 is 2.48 bits per heavy atom. The molecule has 2 rings (SSSR count). The van der Waals surface area contributed by atoms with Crippen LogP contribution >= 0.6 is 0 Å². The van der Waals surface area contributed by atoms with Gasteiger partial charge in [-0.3, -0.25) is 0 Å². The number of hydrogen-bond acceptors (Lipinski definition) is 3. The highest BCUT2D eigenvalue weighted by Crippen LogP contribution is 2.30. The van der Waals surface area contributed by atoms with E-state index in [1.165, 1.54) is 6.42 Å². The van der Waals surface area contributed by atoms with Crippen LogP contribution in [0, 0.1) is 5.92 Å². The van der Waals surface area contributed by atoms with Gasteiger partial charge in [-0.2, -0.15) is 0 Å². The monoisotopic (exact) mass is 313 g/mol. The number of rotatable bonds is 7. The molecule has 120 valence electrons. The van der Waals surface area contributed by atoms with Gasteiger partial charge in [-0.25, -0.2) is 13.1 Å². The van der Waals surface area contributed by atoms with Gasteiger partial charge in [0.1, 0.15) is 0 Å². The molecule has 2 N–H and O–H groups in total. The van der Waals surface area contributed by atoms with E-state index >= 15 is 0 Å². The van der Waals surface area contributed by atoms with Crippen molar-refractivity contribution < 1.29 is 8.42 Å². The Balaban J connectivity index is 2.20. The lowest BCUT2D eigenvalue weighted by Crippen LogP contribution is -2.40. The second-order valence-corrected chi connectivity index (χ2v) is 8.01. The third kappa shape index (κ3) is 3.67. The standard InChI is InChI=1S/C15H27N3O2S/c1-11(2)18-10-15(8-14(18)9-16-4)21(19,20)17-12(3)13-6-5-7-13/h8,10-13,16-17H,5-7,9H2,1-4H3. The van der Waals surface area contributed by atoms with Gasteiger partial charge in [0, 0.05) is 30.5 Å². The van der Waals surface area contributed by atoms with Crippen molar-refractivity contribution in [2.45, 2.75) is 63.6 Å². The van der Waals surface area contributed by atoms with Crippen molar-refractivity contribution in [3.05, 3.63) is 18.0 Å². The Hall–Kier alpha value is -0.850.